The van der Waals surface area contributed by atoms with E-state index in [1.807, 2.05) is 0 Å². The predicted octanol–water partition coefficient (Wildman–Crippen LogP) is 21.8. The molecule has 0 amide bonds. The van der Waals surface area contributed by atoms with Gasteiger partial charge in [-0.05, 0) is 177 Å². The summed E-state index contributed by atoms with van der Waals surface area (Å²) < 4.78 is 0. The third kappa shape index (κ3) is 7.26. The molecule has 1 aliphatic rings. The summed E-state index contributed by atoms with van der Waals surface area (Å²) in [5.41, 5.74) is 20.7. The summed E-state index contributed by atoms with van der Waals surface area (Å²) in [4.78, 5) is 0. The first-order valence-electron chi connectivity index (χ1n) is 27.6. The molecule has 0 fully saturated rings. The molecule has 0 spiro atoms. The van der Waals surface area contributed by atoms with Gasteiger partial charge in [0.15, 0.2) is 0 Å². The minimum atomic E-state index is -0.255. The molecule has 0 bridgehead atoms. The lowest BCUT2D eigenvalue weighted by atomic mass is 9.78. The Hall–Kier alpha value is -8.58. The quantitative estimate of drug-likeness (QED) is 0.151. The lowest BCUT2D eigenvalue weighted by Crippen LogP contribution is -2.15. The number of rotatable bonds is 5. The summed E-state index contributed by atoms with van der Waals surface area (Å²) >= 11 is 0. The van der Waals surface area contributed by atoms with Crippen LogP contribution in [-0.2, 0) is 16.2 Å². The van der Waals surface area contributed by atoms with E-state index < -0.39 is 0 Å². The Morgan fingerprint density at radius 2 is 0.442 bits per heavy atom. The third-order valence-electron chi connectivity index (χ3n) is 17.4. The van der Waals surface area contributed by atoms with Crippen LogP contribution in [-0.4, -0.2) is 0 Å². The Balaban J connectivity index is 0.928. The average Bonchev–Trinajstić information content (AvgIpc) is 3.73. The summed E-state index contributed by atoms with van der Waals surface area (Å²) in [6.07, 6.45) is 0. The summed E-state index contributed by atoms with van der Waals surface area (Å²) in [5, 5.41) is 15.2. The van der Waals surface area contributed by atoms with Crippen molar-refractivity contribution < 1.29 is 0 Å². The zero-order chi connectivity index (χ0) is 52.5. The maximum absolute atomic E-state index is 2.53. The highest BCUT2D eigenvalue weighted by atomic mass is 14.4. The van der Waals surface area contributed by atoms with Crippen molar-refractivity contribution >= 4 is 64.6 Å². The predicted molar refractivity (Wildman–Crippen MR) is 334 cm³/mol. The Morgan fingerprint density at radius 3 is 0.675 bits per heavy atom. The van der Waals surface area contributed by atoms with Gasteiger partial charge in [-0.25, -0.2) is 0 Å². The van der Waals surface area contributed by atoms with Crippen LogP contribution in [0.1, 0.15) is 77.6 Å². The minimum Gasteiger partial charge on any atom is -0.0616 e. The van der Waals surface area contributed by atoms with Crippen LogP contribution < -0.4 is 0 Å². The van der Waals surface area contributed by atoms with Crippen molar-refractivity contribution in [3.05, 3.63) is 253 Å². The molecule has 0 radical (unpaired) electrons. The maximum atomic E-state index is 2.53. The summed E-state index contributed by atoms with van der Waals surface area (Å²) in [5.74, 6) is 0. The van der Waals surface area contributed by atoms with Crippen molar-refractivity contribution in [1.82, 2.24) is 0 Å². The van der Waals surface area contributed by atoms with E-state index in [0.29, 0.717) is 0 Å². The first kappa shape index (κ1) is 46.9. The number of fused-ring (bicyclic) bond motifs is 9. The molecule has 0 atom stereocenters. The fourth-order valence-corrected chi connectivity index (χ4v) is 13.5. The number of benzene rings is 13. The van der Waals surface area contributed by atoms with E-state index in [0.717, 1.165) is 0 Å². The lowest BCUT2D eigenvalue weighted by Gasteiger charge is -2.24. The van der Waals surface area contributed by atoms with E-state index in [1.165, 1.54) is 154 Å². The first-order valence-corrected chi connectivity index (χ1v) is 27.6. The molecule has 0 N–H and O–H groups in total. The van der Waals surface area contributed by atoms with Crippen molar-refractivity contribution in [3.8, 4) is 66.8 Å². The summed E-state index contributed by atoms with van der Waals surface area (Å²) in [6.45, 7) is 18.6. The van der Waals surface area contributed by atoms with Crippen LogP contribution in [0.15, 0.2) is 231 Å². The highest BCUT2D eigenvalue weighted by molar-refractivity contribution is 6.30. The van der Waals surface area contributed by atoms with Crippen LogP contribution in [0, 0.1) is 0 Å². The normalized spacial score (nSPS) is 13.3. The zero-order valence-corrected chi connectivity index (χ0v) is 45.4. The number of hydrogen-bond donors (Lipinski definition) is 0. The largest absolute Gasteiger partial charge is 0.0616 e. The van der Waals surface area contributed by atoms with Crippen LogP contribution in [0.2, 0.25) is 0 Å². The van der Waals surface area contributed by atoms with Gasteiger partial charge < -0.3 is 0 Å². The van der Waals surface area contributed by atoms with Gasteiger partial charge >= 0.3 is 0 Å². The van der Waals surface area contributed by atoms with Crippen molar-refractivity contribution in [3.63, 3.8) is 0 Å². The Kier molecular flexibility index (Phi) is 10.5. The van der Waals surface area contributed by atoms with Crippen LogP contribution in [0.4, 0.5) is 0 Å². The second-order valence-corrected chi connectivity index (χ2v) is 24.3. The summed E-state index contributed by atoms with van der Waals surface area (Å²) in [7, 11) is 0. The fraction of sp³-hybridized carbons (Fsp3) is 0.143. The molecule has 0 saturated carbocycles. The smallest absolute Gasteiger partial charge is 0.0159 e. The molecule has 370 valence electrons. The van der Waals surface area contributed by atoms with Crippen LogP contribution in [0.25, 0.3) is 131 Å². The topological polar surface area (TPSA) is 0 Å². The van der Waals surface area contributed by atoms with E-state index >= 15 is 0 Å². The van der Waals surface area contributed by atoms with Gasteiger partial charge in [-0.1, -0.05) is 274 Å². The molecule has 0 aromatic heterocycles. The lowest BCUT2D eigenvalue weighted by molar-refractivity contribution is 0.590. The molecule has 13 aromatic rings. The molecule has 0 aliphatic heterocycles. The summed E-state index contributed by atoms with van der Waals surface area (Å²) in [6, 6.07) is 87.9. The van der Waals surface area contributed by atoms with Gasteiger partial charge in [0.25, 0.3) is 0 Å². The van der Waals surface area contributed by atoms with Gasteiger partial charge in [-0.3, -0.25) is 0 Å². The van der Waals surface area contributed by atoms with Gasteiger partial charge in [0, 0.05) is 5.41 Å². The zero-order valence-electron chi connectivity index (χ0n) is 45.4. The molecule has 14 rings (SSSR count). The van der Waals surface area contributed by atoms with E-state index in [9.17, 15) is 0 Å². The van der Waals surface area contributed by atoms with Gasteiger partial charge in [-0.15, -0.1) is 0 Å². The fourth-order valence-electron chi connectivity index (χ4n) is 13.5. The second kappa shape index (κ2) is 17.2. The van der Waals surface area contributed by atoms with Crippen molar-refractivity contribution in [2.24, 2.45) is 0 Å². The van der Waals surface area contributed by atoms with Crippen LogP contribution in [0.3, 0.4) is 0 Å². The second-order valence-electron chi connectivity index (χ2n) is 24.3. The molecular formula is C77H62. The molecule has 1 aliphatic carbocycles. The molecule has 13 aromatic carbocycles. The molecule has 0 heteroatoms. The van der Waals surface area contributed by atoms with Crippen molar-refractivity contribution in [2.45, 2.75) is 71.6 Å². The van der Waals surface area contributed by atoms with Crippen LogP contribution in [0.5, 0.6) is 0 Å². The van der Waals surface area contributed by atoms with E-state index in [-0.39, 0.29) is 16.2 Å². The van der Waals surface area contributed by atoms with E-state index in [1.54, 1.807) is 0 Å². The Bertz CT molecular complexity index is 4400. The monoisotopic (exact) mass is 986 g/mol. The van der Waals surface area contributed by atoms with Gasteiger partial charge in [0.05, 0.1) is 0 Å². The van der Waals surface area contributed by atoms with Gasteiger partial charge in [0.1, 0.15) is 0 Å². The Labute approximate surface area is 453 Å². The average molecular weight is 987 g/mol. The molecule has 0 heterocycles. The maximum Gasteiger partial charge on any atom is 0.0159 e. The standard InChI is InChI=1S/C77H62/c1-75(2,3)51-39-33-47(34-40-51)69-55-21-9-11-23-57(55)71(58-24-12-10-22-56(58)69)49-37-43-53-54-44-38-50(46-68(54)77(7,8)67(53)45-49)72-61-27-15-19-31-65(61)74(66-32-20-16-28-62(66)72)73-63-29-17-13-25-59(63)70(60-26-14-18-30-64(60)73)48-35-41-52(42-36-48)76(4,5)6/h9-46H,1-8H3. The van der Waals surface area contributed by atoms with Crippen molar-refractivity contribution in [2.75, 3.05) is 0 Å². The van der Waals surface area contributed by atoms with E-state index in [2.05, 4.69) is 286 Å². The molecule has 0 nitrogen and oxygen atoms in total. The third-order valence-corrected chi connectivity index (χ3v) is 17.4. The van der Waals surface area contributed by atoms with E-state index in [4.69, 9.17) is 0 Å². The highest BCUT2D eigenvalue weighted by Crippen LogP contribution is 2.55. The molecular weight excluding hydrogens is 925 g/mol. The number of hydrogen-bond acceptors (Lipinski definition) is 0. The molecule has 77 heavy (non-hydrogen) atoms. The molecule has 0 unspecified atom stereocenters. The van der Waals surface area contributed by atoms with Crippen LogP contribution >= 0.6 is 0 Å². The highest BCUT2D eigenvalue weighted by Gasteiger charge is 2.37. The molecule has 0 saturated heterocycles. The first-order chi connectivity index (χ1) is 37.3. The van der Waals surface area contributed by atoms with Crippen molar-refractivity contribution in [1.29, 1.82) is 0 Å². The van der Waals surface area contributed by atoms with Gasteiger partial charge in [0.2, 0.25) is 0 Å². The minimum absolute atomic E-state index is 0.0765. The van der Waals surface area contributed by atoms with Gasteiger partial charge in [-0.2, -0.15) is 0 Å². The SMILES string of the molecule is CC(C)(C)c1ccc(-c2c3ccccc3c(-c3ccc4c(c3)C(C)(C)c3cc(-c5c6ccccc6c(-c6c7ccccc7c(-c7ccc(C(C)(C)C)cc7)c7ccccc67)c6ccccc56)ccc3-4)c3ccccc23)cc1. The Morgan fingerprint density at radius 1 is 0.234 bits per heavy atom.